The average molecular weight is 576 g/mol. The maximum Gasteiger partial charge on any atom is 0.416 e. The van der Waals surface area contributed by atoms with Gasteiger partial charge in [-0.15, -0.1) is 0 Å². The van der Waals surface area contributed by atoms with Crippen LogP contribution in [0.15, 0.2) is 41.0 Å². The van der Waals surface area contributed by atoms with Crippen LogP contribution in [0.2, 0.25) is 0 Å². The monoisotopic (exact) mass is 576 g/mol. The van der Waals surface area contributed by atoms with Crippen LogP contribution >= 0.6 is 0 Å². The Hall–Kier alpha value is -4.32. The number of benzene rings is 2. The molecule has 19 heteroatoms. The summed E-state index contributed by atoms with van der Waals surface area (Å²) in [7, 11) is 0. The fraction of sp³-hybridized carbons (Fsp3) is 0.200. The second-order valence-electron chi connectivity index (χ2n) is 7.71. The van der Waals surface area contributed by atoms with Crippen LogP contribution in [-0.2, 0) is 24.7 Å². The van der Waals surface area contributed by atoms with Crippen LogP contribution in [0.25, 0.3) is 11.3 Å². The van der Waals surface area contributed by atoms with Crippen molar-refractivity contribution in [3.05, 3.63) is 58.7 Å². The Morgan fingerprint density at radius 1 is 0.538 bits per heavy atom. The van der Waals surface area contributed by atoms with Crippen LogP contribution in [0.4, 0.5) is 75.7 Å². The Balaban J connectivity index is 2.13. The maximum atomic E-state index is 13.5. The highest BCUT2D eigenvalue weighted by Crippen LogP contribution is 2.46. The first-order chi connectivity index (χ1) is 17.7. The van der Waals surface area contributed by atoms with E-state index < -0.39 is 81.3 Å². The number of nitrogen functional groups attached to an aromatic ring is 1. The van der Waals surface area contributed by atoms with Gasteiger partial charge in [-0.1, -0.05) is 0 Å². The molecule has 39 heavy (non-hydrogen) atoms. The molecule has 0 amide bonds. The van der Waals surface area contributed by atoms with E-state index in [1.807, 2.05) is 0 Å². The number of alkyl halides is 12. The molecule has 2 aromatic heterocycles. The summed E-state index contributed by atoms with van der Waals surface area (Å²) in [5, 5.41) is 6.51. The van der Waals surface area contributed by atoms with Crippen LogP contribution in [0.3, 0.4) is 0 Å². The van der Waals surface area contributed by atoms with E-state index in [2.05, 4.69) is 24.9 Å². The fourth-order valence-corrected chi connectivity index (χ4v) is 3.34. The van der Waals surface area contributed by atoms with Crippen molar-refractivity contribution in [2.45, 2.75) is 24.7 Å². The fourth-order valence-electron chi connectivity index (χ4n) is 3.34. The van der Waals surface area contributed by atoms with Gasteiger partial charge >= 0.3 is 24.7 Å². The van der Waals surface area contributed by atoms with Crippen molar-refractivity contribution in [1.29, 1.82) is 0 Å². The summed E-state index contributed by atoms with van der Waals surface area (Å²) in [5.41, 5.74) is -5.46. The zero-order valence-electron chi connectivity index (χ0n) is 18.2. The number of nitrogens with two attached hydrogens (primary N) is 1. The van der Waals surface area contributed by atoms with Gasteiger partial charge < -0.3 is 5.73 Å². The Labute approximate surface area is 206 Å². The highest BCUT2D eigenvalue weighted by Gasteiger charge is 2.40. The first-order valence-electron chi connectivity index (χ1n) is 9.90. The highest BCUT2D eigenvalue weighted by atomic mass is 19.4. The zero-order valence-corrected chi connectivity index (χ0v) is 18.2. The average Bonchev–Trinajstić information content (AvgIpc) is 3.24. The van der Waals surface area contributed by atoms with Crippen molar-refractivity contribution in [3.63, 3.8) is 0 Å². The lowest BCUT2D eigenvalue weighted by atomic mass is 10.0. The van der Waals surface area contributed by atoms with E-state index in [9.17, 15) is 52.7 Å². The van der Waals surface area contributed by atoms with Gasteiger partial charge in [-0.2, -0.15) is 52.7 Å². The van der Waals surface area contributed by atoms with E-state index in [0.29, 0.717) is 0 Å². The van der Waals surface area contributed by atoms with Gasteiger partial charge in [0.25, 0.3) is 0 Å². The van der Waals surface area contributed by atoms with E-state index >= 15 is 0 Å². The third-order valence-electron chi connectivity index (χ3n) is 4.99. The number of nitrogens with zero attached hydrogens (tertiary/aromatic N) is 5. The summed E-state index contributed by atoms with van der Waals surface area (Å²) in [6.07, 6.45) is -21.7. The lowest BCUT2D eigenvalue weighted by Gasteiger charge is -2.28. The first-order valence-corrected chi connectivity index (χ1v) is 9.90. The molecule has 0 aliphatic carbocycles. The summed E-state index contributed by atoms with van der Waals surface area (Å²) >= 11 is 0. The molecular weight excluding hydrogens is 568 g/mol. The normalized spacial score (nSPS) is 13.2. The van der Waals surface area contributed by atoms with E-state index in [4.69, 9.17) is 5.73 Å². The van der Waals surface area contributed by atoms with Gasteiger partial charge in [-0.05, 0) is 46.7 Å². The summed E-state index contributed by atoms with van der Waals surface area (Å²) in [5.74, 6) is -1.84. The highest BCUT2D eigenvalue weighted by molar-refractivity contribution is 5.84. The number of hydrogen-bond acceptors (Lipinski definition) is 7. The number of aromatic nitrogens is 4. The molecule has 2 N–H and O–H groups in total. The maximum absolute atomic E-state index is 13.5. The van der Waals surface area contributed by atoms with E-state index in [-0.39, 0.29) is 41.3 Å². The minimum atomic E-state index is -5.43. The molecule has 2 heterocycles. The molecule has 0 aliphatic rings. The Bertz CT molecular complexity index is 1400. The van der Waals surface area contributed by atoms with E-state index in [1.54, 1.807) is 0 Å². The molecule has 0 fully saturated rings. The van der Waals surface area contributed by atoms with Gasteiger partial charge in [0.15, 0.2) is 11.6 Å². The second-order valence-corrected chi connectivity index (χ2v) is 7.71. The Morgan fingerprint density at radius 2 is 0.872 bits per heavy atom. The summed E-state index contributed by atoms with van der Waals surface area (Å²) in [6, 6.07) is -0.391. The van der Waals surface area contributed by atoms with Crippen LogP contribution in [0.1, 0.15) is 22.3 Å². The van der Waals surface area contributed by atoms with Gasteiger partial charge in [-0.25, -0.2) is 14.6 Å². The quantitative estimate of drug-likeness (QED) is 0.259. The number of hydrogen-bond donors (Lipinski definition) is 1. The van der Waals surface area contributed by atoms with Crippen LogP contribution in [0.5, 0.6) is 0 Å². The van der Waals surface area contributed by atoms with Crippen molar-refractivity contribution < 1.29 is 57.3 Å². The standard InChI is InChI=1S/C20H8F12N6O/c21-17(22,23)7-1-8(18(24,25)26)4-11(3-7)38(16-13(33)34-14-15(35-16)37-39-36-14)12-5-9(19(27,28)29)2-10(6-12)20(30,31)32/h1-6H,(H2,33,34,36). The third kappa shape index (κ3) is 5.60. The predicted octanol–water partition coefficient (Wildman–Crippen LogP) is 7.14. The molecule has 208 valence electrons. The molecule has 4 aromatic rings. The molecule has 7 nitrogen and oxygen atoms in total. The lowest BCUT2D eigenvalue weighted by molar-refractivity contribution is -0.144. The van der Waals surface area contributed by atoms with Gasteiger partial charge in [0.1, 0.15) is 0 Å². The van der Waals surface area contributed by atoms with Crippen molar-refractivity contribution in [2.75, 3.05) is 10.6 Å². The SMILES string of the molecule is Nc1nc2nonc2nc1N(c1cc(C(F)(F)F)cc(C(F)(F)F)c1)c1cc(C(F)(F)F)cc(C(F)(F)F)c1. The molecule has 0 bridgehead atoms. The van der Waals surface area contributed by atoms with E-state index in [1.165, 1.54) is 0 Å². The molecule has 0 spiro atoms. The van der Waals surface area contributed by atoms with Gasteiger partial charge in [0.05, 0.1) is 22.3 Å². The molecule has 0 saturated heterocycles. The third-order valence-corrected chi connectivity index (χ3v) is 4.99. The Kier molecular flexibility index (Phi) is 6.30. The minimum absolute atomic E-state index is 0.0507. The summed E-state index contributed by atoms with van der Waals surface area (Å²) < 4.78 is 167. The topological polar surface area (TPSA) is 94.0 Å². The molecule has 4 rings (SSSR count). The molecule has 0 saturated carbocycles. The number of anilines is 4. The zero-order chi connectivity index (χ0) is 29.1. The van der Waals surface area contributed by atoms with Crippen molar-refractivity contribution in [3.8, 4) is 0 Å². The smallest absolute Gasteiger partial charge is 0.381 e. The van der Waals surface area contributed by atoms with Crippen molar-refractivity contribution in [1.82, 2.24) is 20.3 Å². The molecular formula is C20H8F12N6O. The number of fused-ring (bicyclic) bond motifs is 1. The largest absolute Gasteiger partial charge is 0.416 e. The van der Waals surface area contributed by atoms with Crippen molar-refractivity contribution in [2.24, 2.45) is 0 Å². The van der Waals surface area contributed by atoms with Crippen LogP contribution < -0.4 is 10.6 Å². The van der Waals surface area contributed by atoms with Crippen molar-refractivity contribution >= 4 is 34.3 Å². The molecule has 0 unspecified atom stereocenters. The van der Waals surface area contributed by atoms with Gasteiger partial charge in [0.2, 0.25) is 11.3 Å². The van der Waals surface area contributed by atoms with Crippen LogP contribution in [0, 0.1) is 0 Å². The molecule has 0 atom stereocenters. The number of rotatable bonds is 3. The summed E-state index contributed by atoms with van der Waals surface area (Å²) in [6.45, 7) is 0. The van der Waals surface area contributed by atoms with Gasteiger partial charge in [-0.3, -0.25) is 4.90 Å². The van der Waals surface area contributed by atoms with E-state index in [0.717, 1.165) is 0 Å². The Morgan fingerprint density at radius 3 is 1.21 bits per heavy atom. The predicted molar refractivity (Wildman–Crippen MR) is 106 cm³/mol. The van der Waals surface area contributed by atoms with Crippen LogP contribution in [-0.4, -0.2) is 20.3 Å². The molecule has 0 aliphatic heterocycles. The van der Waals surface area contributed by atoms with Gasteiger partial charge in [0, 0.05) is 11.4 Å². The molecule has 2 aromatic carbocycles. The minimum Gasteiger partial charge on any atom is -0.381 e. The number of halogens is 12. The molecule has 0 radical (unpaired) electrons. The second kappa shape index (κ2) is 8.87. The summed E-state index contributed by atoms with van der Waals surface area (Å²) in [4.78, 5) is 7.43. The lowest BCUT2D eigenvalue weighted by Crippen LogP contribution is -2.20. The first kappa shape index (κ1) is 27.7.